The molecule has 0 saturated carbocycles. The molecule has 0 spiro atoms. The summed E-state index contributed by atoms with van der Waals surface area (Å²) in [5, 5.41) is 12.2. The van der Waals surface area contributed by atoms with E-state index < -0.39 is 11.7 Å². The SMILES string of the molecule is CC(C)(C)OC(=O)NCC(N)Cc1ccccc1O. The van der Waals surface area contributed by atoms with E-state index in [0.29, 0.717) is 13.0 Å². The lowest BCUT2D eigenvalue weighted by atomic mass is 10.1. The average Bonchev–Trinajstić information content (AvgIpc) is 2.27. The third kappa shape index (κ3) is 6.10. The second-order valence-corrected chi connectivity index (χ2v) is 5.48. The summed E-state index contributed by atoms with van der Waals surface area (Å²) in [7, 11) is 0. The standard InChI is InChI=1S/C14H22N2O3/c1-14(2,3)19-13(18)16-9-11(15)8-10-6-4-5-7-12(10)17/h4-7,11,17H,8-9,15H2,1-3H3,(H,16,18). The summed E-state index contributed by atoms with van der Waals surface area (Å²) in [6.45, 7) is 5.70. The largest absolute Gasteiger partial charge is 0.508 e. The Bertz CT molecular complexity index is 427. The van der Waals surface area contributed by atoms with Crippen LogP contribution < -0.4 is 11.1 Å². The molecule has 0 fully saturated rings. The highest BCUT2D eigenvalue weighted by Gasteiger charge is 2.16. The number of para-hydroxylation sites is 1. The molecule has 0 aliphatic rings. The molecule has 1 unspecified atom stereocenters. The van der Waals surface area contributed by atoms with Crippen LogP contribution >= 0.6 is 0 Å². The fraction of sp³-hybridized carbons (Fsp3) is 0.500. The smallest absolute Gasteiger partial charge is 0.407 e. The maximum atomic E-state index is 11.4. The number of rotatable bonds is 4. The minimum absolute atomic E-state index is 0.218. The fourth-order valence-electron chi connectivity index (χ4n) is 1.57. The molecular formula is C14H22N2O3. The van der Waals surface area contributed by atoms with E-state index in [4.69, 9.17) is 10.5 Å². The molecule has 1 aromatic rings. The molecule has 0 bridgehead atoms. The topological polar surface area (TPSA) is 84.6 Å². The van der Waals surface area contributed by atoms with Gasteiger partial charge in [0.25, 0.3) is 0 Å². The van der Waals surface area contributed by atoms with Gasteiger partial charge in [-0.2, -0.15) is 0 Å². The zero-order valence-electron chi connectivity index (χ0n) is 11.6. The van der Waals surface area contributed by atoms with Crippen LogP contribution in [-0.4, -0.2) is 29.4 Å². The van der Waals surface area contributed by atoms with Crippen molar-refractivity contribution in [2.24, 2.45) is 5.73 Å². The Balaban J connectivity index is 2.38. The number of alkyl carbamates (subject to hydrolysis) is 1. The second kappa shape index (κ2) is 6.43. The summed E-state index contributed by atoms with van der Waals surface area (Å²) in [4.78, 5) is 11.4. The van der Waals surface area contributed by atoms with Gasteiger partial charge in [-0.1, -0.05) is 18.2 Å². The zero-order chi connectivity index (χ0) is 14.5. The molecule has 1 aromatic carbocycles. The van der Waals surface area contributed by atoms with Crippen LogP contribution in [-0.2, 0) is 11.2 Å². The molecule has 19 heavy (non-hydrogen) atoms. The Morgan fingerprint density at radius 1 is 1.42 bits per heavy atom. The molecule has 1 amide bonds. The van der Waals surface area contributed by atoms with Gasteiger partial charge in [0.2, 0.25) is 0 Å². The number of benzene rings is 1. The number of phenolic OH excluding ortho intramolecular Hbond substituents is 1. The van der Waals surface area contributed by atoms with Crippen molar-refractivity contribution >= 4 is 6.09 Å². The van der Waals surface area contributed by atoms with Crippen molar-refractivity contribution in [3.63, 3.8) is 0 Å². The Morgan fingerprint density at radius 3 is 2.63 bits per heavy atom. The second-order valence-electron chi connectivity index (χ2n) is 5.48. The lowest BCUT2D eigenvalue weighted by Crippen LogP contribution is -2.41. The van der Waals surface area contributed by atoms with Gasteiger partial charge < -0.3 is 20.9 Å². The molecule has 0 radical (unpaired) electrons. The Kier molecular flexibility index (Phi) is 5.18. The van der Waals surface area contributed by atoms with Crippen molar-refractivity contribution < 1.29 is 14.6 Å². The summed E-state index contributed by atoms with van der Waals surface area (Å²) in [6.07, 6.45) is 0.00267. The molecule has 5 nitrogen and oxygen atoms in total. The molecule has 0 aliphatic carbocycles. The zero-order valence-corrected chi connectivity index (χ0v) is 11.6. The van der Waals surface area contributed by atoms with E-state index in [-0.39, 0.29) is 11.8 Å². The van der Waals surface area contributed by atoms with Gasteiger partial charge in [-0.15, -0.1) is 0 Å². The predicted octanol–water partition coefficient (Wildman–Crippen LogP) is 1.79. The fourth-order valence-corrected chi connectivity index (χ4v) is 1.57. The molecule has 0 aromatic heterocycles. The summed E-state index contributed by atoms with van der Waals surface area (Å²) in [6, 6.07) is 6.74. The number of nitrogens with two attached hydrogens (primary N) is 1. The number of nitrogens with one attached hydrogen (secondary N) is 1. The summed E-state index contributed by atoms with van der Waals surface area (Å²) in [5.41, 5.74) is 6.15. The van der Waals surface area contributed by atoms with E-state index in [1.54, 1.807) is 32.9 Å². The maximum absolute atomic E-state index is 11.4. The number of ether oxygens (including phenoxy) is 1. The molecule has 106 valence electrons. The number of phenols is 1. The van der Waals surface area contributed by atoms with Crippen LogP contribution in [0.3, 0.4) is 0 Å². The summed E-state index contributed by atoms with van der Waals surface area (Å²) >= 11 is 0. The first kappa shape index (κ1) is 15.3. The lowest BCUT2D eigenvalue weighted by molar-refractivity contribution is 0.0524. The highest BCUT2D eigenvalue weighted by molar-refractivity contribution is 5.67. The first-order valence-electron chi connectivity index (χ1n) is 6.27. The van der Waals surface area contributed by atoms with Gasteiger partial charge in [0.15, 0.2) is 0 Å². The van der Waals surface area contributed by atoms with Gasteiger partial charge in [0, 0.05) is 12.6 Å². The van der Waals surface area contributed by atoms with Gasteiger partial charge in [-0.3, -0.25) is 0 Å². The van der Waals surface area contributed by atoms with E-state index in [0.717, 1.165) is 5.56 Å². The average molecular weight is 266 g/mol. The van der Waals surface area contributed by atoms with Crippen molar-refractivity contribution in [2.45, 2.75) is 38.8 Å². The van der Waals surface area contributed by atoms with Crippen LogP contribution in [0.5, 0.6) is 5.75 Å². The molecule has 0 heterocycles. The summed E-state index contributed by atoms with van der Waals surface area (Å²) < 4.78 is 5.11. The monoisotopic (exact) mass is 266 g/mol. The van der Waals surface area contributed by atoms with E-state index in [2.05, 4.69) is 5.32 Å². The van der Waals surface area contributed by atoms with Gasteiger partial charge in [-0.05, 0) is 38.8 Å². The van der Waals surface area contributed by atoms with Crippen molar-refractivity contribution in [2.75, 3.05) is 6.54 Å². The highest BCUT2D eigenvalue weighted by atomic mass is 16.6. The van der Waals surface area contributed by atoms with Gasteiger partial charge in [0.1, 0.15) is 11.4 Å². The maximum Gasteiger partial charge on any atom is 0.407 e. The van der Waals surface area contributed by atoms with Crippen molar-refractivity contribution in [1.82, 2.24) is 5.32 Å². The van der Waals surface area contributed by atoms with E-state index in [1.807, 2.05) is 12.1 Å². The molecule has 0 aliphatic heterocycles. The highest BCUT2D eigenvalue weighted by Crippen LogP contribution is 2.16. The number of carbonyl (C=O) groups excluding carboxylic acids is 1. The molecule has 1 rings (SSSR count). The lowest BCUT2D eigenvalue weighted by Gasteiger charge is -2.21. The van der Waals surface area contributed by atoms with Crippen molar-refractivity contribution in [3.8, 4) is 5.75 Å². The van der Waals surface area contributed by atoms with Crippen molar-refractivity contribution in [3.05, 3.63) is 29.8 Å². The number of aromatic hydroxyl groups is 1. The van der Waals surface area contributed by atoms with Crippen LogP contribution in [0.2, 0.25) is 0 Å². The normalized spacial score (nSPS) is 12.8. The predicted molar refractivity (Wildman–Crippen MR) is 74.0 cm³/mol. The van der Waals surface area contributed by atoms with E-state index in [1.165, 1.54) is 0 Å². The Hall–Kier alpha value is -1.75. The Labute approximate surface area is 113 Å². The van der Waals surface area contributed by atoms with E-state index >= 15 is 0 Å². The number of amides is 1. The molecule has 4 N–H and O–H groups in total. The van der Waals surface area contributed by atoms with Gasteiger partial charge in [0.05, 0.1) is 0 Å². The first-order chi connectivity index (χ1) is 8.78. The molecule has 0 saturated heterocycles. The Morgan fingerprint density at radius 2 is 2.05 bits per heavy atom. The summed E-state index contributed by atoms with van der Waals surface area (Å²) in [5.74, 6) is 0.218. The molecule has 5 heteroatoms. The minimum atomic E-state index is -0.522. The van der Waals surface area contributed by atoms with Crippen LogP contribution in [0.1, 0.15) is 26.3 Å². The number of hydrogen-bond donors (Lipinski definition) is 3. The molecule has 1 atom stereocenters. The van der Waals surface area contributed by atoms with Crippen LogP contribution in [0.25, 0.3) is 0 Å². The van der Waals surface area contributed by atoms with E-state index in [9.17, 15) is 9.90 Å². The quantitative estimate of drug-likeness (QED) is 0.775. The van der Waals surface area contributed by atoms with Crippen LogP contribution in [0, 0.1) is 0 Å². The van der Waals surface area contributed by atoms with Crippen molar-refractivity contribution in [1.29, 1.82) is 0 Å². The van der Waals surface area contributed by atoms with Gasteiger partial charge >= 0.3 is 6.09 Å². The van der Waals surface area contributed by atoms with Crippen LogP contribution in [0.15, 0.2) is 24.3 Å². The van der Waals surface area contributed by atoms with Crippen LogP contribution in [0.4, 0.5) is 4.79 Å². The first-order valence-corrected chi connectivity index (χ1v) is 6.27. The number of carbonyl (C=O) groups is 1. The number of hydrogen-bond acceptors (Lipinski definition) is 4. The minimum Gasteiger partial charge on any atom is -0.508 e. The third-order valence-electron chi connectivity index (χ3n) is 2.38. The third-order valence-corrected chi connectivity index (χ3v) is 2.38. The molecular weight excluding hydrogens is 244 g/mol. The van der Waals surface area contributed by atoms with Gasteiger partial charge in [-0.25, -0.2) is 4.79 Å².